The lowest BCUT2D eigenvalue weighted by Gasteiger charge is -2.17. The van der Waals surface area contributed by atoms with Crippen LogP contribution in [0.4, 0.5) is 0 Å². The van der Waals surface area contributed by atoms with E-state index >= 15 is 0 Å². The quantitative estimate of drug-likeness (QED) is 0.765. The lowest BCUT2D eigenvalue weighted by molar-refractivity contribution is 0.509. The van der Waals surface area contributed by atoms with Crippen molar-refractivity contribution in [1.82, 2.24) is 9.97 Å². The number of aryl methyl sites for hydroxylation is 1. The van der Waals surface area contributed by atoms with E-state index in [1.165, 1.54) is 10.4 Å². The van der Waals surface area contributed by atoms with Crippen molar-refractivity contribution < 1.29 is 0 Å². The molecule has 23 heavy (non-hydrogen) atoms. The maximum Gasteiger partial charge on any atom is 0.260 e. The van der Waals surface area contributed by atoms with Crippen LogP contribution in [0.5, 0.6) is 0 Å². The highest BCUT2D eigenvalue weighted by Crippen LogP contribution is 2.35. The van der Waals surface area contributed by atoms with Gasteiger partial charge < -0.3 is 4.98 Å². The topological polar surface area (TPSA) is 45.8 Å². The Hall–Kier alpha value is -2.20. The zero-order valence-electron chi connectivity index (χ0n) is 13.0. The third kappa shape index (κ3) is 2.75. The largest absolute Gasteiger partial charge is 0.306 e. The minimum atomic E-state index is -0.00485. The van der Waals surface area contributed by atoms with Gasteiger partial charge in [0.25, 0.3) is 5.56 Å². The molecule has 4 rings (SSSR count). The number of nitrogens with zero attached hydrogens (tertiary/aromatic N) is 1. The summed E-state index contributed by atoms with van der Waals surface area (Å²) in [5.74, 6) is 1.32. The standard InChI is InChI=1S/C19H18N2OS/c1-12-7-9-14-15(11-12)23-19-17(14)18(22)20-16(21-19)10-8-13-5-3-2-4-6-13/h2-6,8,10,12H,7,9,11H2,1H3,(H,20,21,22). The molecule has 0 aliphatic heterocycles. The monoisotopic (exact) mass is 322 g/mol. The zero-order valence-corrected chi connectivity index (χ0v) is 13.8. The van der Waals surface area contributed by atoms with Gasteiger partial charge in [0.2, 0.25) is 0 Å². The van der Waals surface area contributed by atoms with Crippen LogP contribution in [-0.2, 0) is 12.8 Å². The van der Waals surface area contributed by atoms with Crippen molar-refractivity contribution in [3.63, 3.8) is 0 Å². The molecule has 0 saturated heterocycles. The van der Waals surface area contributed by atoms with Crippen LogP contribution in [0.1, 0.15) is 35.2 Å². The van der Waals surface area contributed by atoms with Crippen LogP contribution in [0.15, 0.2) is 35.1 Å². The van der Waals surface area contributed by atoms with E-state index < -0.39 is 0 Å². The van der Waals surface area contributed by atoms with E-state index in [0.717, 1.165) is 35.0 Å². The van der Waals surface area contributed by atoms with Crippen molar-refractivity contribution in [2.45, 2.75) is 26.2 Å². The Bertz CT molecular complexity index is 937. The molecule has 1 aliphatic carbocycles. The molecule has 0 radical (unpaired) electrons. The van der Waals surface area contributed by atoms with E-state index in [1.54, 1.807) is 11.3 Å². The Morgan fingerprint density at radius 3 is 2.91 bits per heavy atom. The molecule has 3 nitrogen and oxygen atoms in total. The Morgan fingerprint density at radius 2 is 2.09 bits per heavy atom. The van der Waals surface area contributed by atoms with Crippen molar-refractivity contribution in [3.8, 4) is 0 Å². The van der Waals surface area contributed by atoms with Crippen molar-refractivity contribution >= 4 is 33.7 Å². The normalized spacial score (nSPS) is 17.7. The number of fused-ring (bicyclic) bond motifs is 3. The molecule has 1 N–H and O–H groups in total. The van der Waals surface area contributed by atoms with Gasteiger partial charge in [-0.3, -0.25) is 4.79 Å². The maximum atomic E-state index is 12.5. The summed E-state index contributed by atoms with van der Waals surface area (Å²) in [6, 6.07) is 10.0. The molecule has 3 aromatic rings. The van der Waals surface area contributed by atoms with Gasteiger partial charge in [-0.25, -0.2) is 4.98 Å². The van der Waals surface area contributed by atoms with Gasteiger partial charge in [0.15, 0.2) is 0 Å². The maximum absolute atomic E-state index is 12.5. The molecular formula is C19H18N2OS. The Balaban J connectivity index is 1.76. The summed E-state index contributed by atoms with van der Waals surface area (Å²) < 4.78 is 0. The van der Waals surface area contributed by atoms with Gasteiger partial charge in [0, 0.05) is 4.88 Å². The molecule has 0 amide bonds. The second-order valence-electron chi connectivity index (χ2n) is 6.23. The first-order valence-corrected chi connectivity index (χ1v) is 8.80. The summed E-state index contributed by atoms with van der Waals surface area (Å²) in [4.78, 5) is 22.3. The smallest absolute Gasteiger partial charge is 0.260 e. The van der Waals surface area contributed by atoms with Crippen LogP contribution in [0, 0.1) is 5.92 Å². The van der Waals surface area contributed by atoms with Gasteiger partial charge in [-0.2, -0.15) is 0 Å². The highest BCUT2D eigenvalue weighted by molar-refractivity contribution is 7.18. The van der Waals surface area contributed by atoms with E-state index in [0.29, 0.717) is 11.7 Å². The fourth-order valence-electron chi connectivity index (χ4n) is 3.18. The molecule has 2 aromatic heterocycles. The van der Waals surface area contributed by atoms with Gasteiger partial charge >= 0.3 is 0 Å². The predicted octanol–water partition coefficient (Wildman–Crippen LogP) is 4.28. The number of aromatic nitrogens is 2. The summed E-state index contributed by atoms with van der Waals surface area (Å²) in [6.45, 7) is 2.28. The fourth-order valence-corrected chi connectivity index (χ4v) is 4.57. The first kappa shape index (κ1) is 14.4. The van der Waals surface area contributed by atoms with Crippen LogP contribution in [0.3, 0.4) is 0 Å². The molecule has 1 aromatic carbocycles. The molecule has 1 atom stereocenters. The van der Waals surface area contributed by atoms with Crippen LogP contribution in [-0.4, -0.2) is 9.97 Å². The van der Waals surface area contributed by atoms with E-state index in [2.05, 4.69) is 16.9 Å². The van der Waals surface area contributed by atoms with E-state index in [-0.39, 0.29) is 5.56 Å². The van der Waals surface area contributed by atoms with E-state index in [9.17, 15) is 4.79 Å². The SMILES string of the molecule is CC1CCc2c(sc3nc(C=Cc4ccccc4)[nH]c(=O)c23)C1. The van der Waals surface area contributed by atoms with Gasteiger partial charge in [-0.15, -0.1) is 11.3 Å². The third-order valence-electron chi connectivity index (χ3n) is 4.42. The molecule has 1 aliphatic rings. The average Bonchev–Trinajstić information content (AvgIpc) is 2.91. The molecule has 0 saturated carbocycles. The minimum absolute atomic E-state index is 0.00485. The van der Waals surface area contributed by atoms with Crippen molar-refractivity contribution in [1.29, 1.82) is 0 Å². The first-order valence-electron chi connectivity index (χ1n) is 7.98. The molecule has 1 unspecified atom stereocenters. The number of rotatable bonds is 2. The van der Waals surface area contributed by atoms with Gasteiger partial charge in [-0.1, -0.05) is 43.3 Å². The second kappa shape index (κ2) is 5.78. The molecule has 0 spiro atoms. The van der Waals surface area contributed by atoms with Gasteiger partial charge in [0.1, 0.15) is 10.7 Å². The van der Waals surface area contributed by atoms with Crippen molar-refractivity contribution in [2.24, 2.45) is 5.92 Å². The molecule has 0 bridgehead atoms. The molecule has 116 valence electrons. The number of benzene rings is 1. The second-order valence-corrected chi connectivity index (χ2v) is 7.31. The summed E-state index contributed by atoms with van der Waals surface area (Å²) in [5, 5.41) is 0.814. The van der Waals surface area contributed by atoms with E-state index in [1.807, 2.05) is 42.5 Å². The summed E-state index contributed by atoms with van der Waals surface area (Å²) >= 11 is 1.69. The van der Waals surface area contributed by atoms with Crippen LogP contribution >= 0.6 is 11.3 Å². The Kier molecular flexibility index (Phi) is 3.62. The summed E-state index contributed by atoms with van der Waals surface area (Å²) in [6.07, 6.45) is 7.08. The highest BCUT2D eigenvalue weighted by atomic mass is 32.1. The Labute approximate surface area is 138 Å². The lowest BCUT2D eigenvalue weighted by Crippen LogP contribution is -2.13. The number of aromatic amines is 1. The average molecular weight is 322 g/mol. The van der Waals surface area contributed by atoms with Crippen molar-refractivity contribution in [3.05, 3.63) is 62.5 Å². The lowest BCUT2D eigenvalue weighted by atomic mass is 9.89. The van der Waals surface area contributed by atoms with Crippen LogP contribution < -0.4 is 5.56 Å². The van der Waals surface area contributed by atoms with Crippen LogP contribution in [0.2, 0.25) is 0 Å². The summed E-state index contributed by atoms with van der Waals surface area (Å²) in [7, 11) is 0. The molecular weight excluding hydrogens is 304 g/mol. The van der Waals surface area contributed by atoms with Crippen LogP contribution in [0.25, 0.3) is 22.4 Å². The van der Waals surface area contributed by atoms with Crippen molar-refractivity contribution in [2.75, 3.05) is 0 Å². The third-order valence-corrected chi connectivity index (χ3v) is 5.57. The molecule has 0 fully saturated rings. The van der Waals surface area contributed by atoms with E-state index in [4.69, 9.17) is 0 Å². The first-order chi connectivity index (χ1) is 11.2. The Morgan fingerprint density at radius 1 is 1.26 bits per heavy atom. The van der Waals surface area contributed by atoms with Gasteiger partial charge in [-0.05, 0) is 42.4 Å². The number of thiophene rings is 1. The fraction of sp³-hybridized carbons (Fsp3) is 0.263. The number of hydrogen-bond acceptors (Lipinski definition) is 3. The highest BCUT2D eigenvalue weighted by Gasteiger charge is 2.22. The number of hydrogen-bond donors (Lipinski definition) is 1. The molecule has 2 heterocycles. The van der Waals surface area contributed by atoms with Gasteiger partial charge in [0.05, 0.1) is 5.39 Å². The number of nitrogens with one attached hydrogen (secondary N) is 1. The number of H-pyrrole nitrogens is 1. The molecule has 4 heteroatoms. The predicted molar refractivity (Wildman–Crippen MR) is 96.8 cm³/mol. The summed E-state index contributed by atoms with van der Waals surface area (Å²) in [5.41, 5.74) is 2.32. The zero-order chi connectivity index (χ0) is 15.8. The minimum Gasteiger partial charge on any atom is -0.306 e.